The molecule has 1 heterocycles. The Balaban J connectivity index is 1.43. The third-order valence-corrected chi connectivity index (χ3v) is 5.30. The molecule has 0 saturated carbocycles. The van der Waals surface area contributed by atoms with Gasteiger partial charge in [-0.3, -0.25) is 0 Å². The van der Waals surface area contributed by atoms with Gasteiger partial charge in [-0.25, -0.2) is 4.98 Å². The van der Waals surface area contributed by atoms with E-state index in [0.717, 1.165) is 13.1 Å². The number of hydrogen-bond acceptors (Lipinski definition) is 2. The molecule has 1 atom stereocenters. The fourth-order valence-corrected chi connectivity index (χ4v) is 3.80. The van der Waals surface area contributed by atoms with Crippen LogP contribution in [0.5, 0.6) is 0 Å². The van der Waals surface area contributed by atoms with Crippen LogP contribution >= 0.6 is 0 Å². The topological polar surface area (TPSA) is 29.9 Å². The van der Waals surface area contributed by atoms with Crippen molar-refractivity contribution in [1.82, 2.24) is 14.9 Å². The number of imidazole rings is 1. The second-order valence-corrected chi connectivity index (χ2v) is 7.29. The van der Waals surface area contributed by atoms with E-state index in [1.54, 1.807) is 0 Å². The maximum absolute atomic E-state index is 4.37. The Bertz CT molecular complexity index is 865. The highest BCUT2D eigenvalue weighted by molar-refractivity contribution is 5.66. The van der Waals surface area contributed by atoms with Gasteiger partial charge in [0.2, 0.25) is 0 Å². The lowest BCUT2D eigenvalue weighted by molar-refractivity contribution is 0.525. The Morgan fingerprint density at radius 3 is 2.56 bits per heavy atom. The summed E-state index contributed by atoms with van der Waals surface area (Å²) in [5.41, 5.74) is 5.37. The molecule has 0 fully saturated rings. The van der Waals surface area contributed by atoms with E-state index in [-0.39, 0.29) is 0 Å². The summed E-state index contributed by atoms with van der Waals surface area (Å²) in [5, 5.41) is 3.75. The van der Waals surface area contributed by atoms with Crippen molar-refractivity contribution in [3.05, 3.63) is 96.1 Å². The van der Waals surface area contributed by atoms with Crippen LogP contribution in [0.2, 0.25) is 0 Å². The molecule has 138 valence electrons. The number of aromatic nitrogens is 2. The molecule has 1 aromatic heterocycles. The molecule has 0 radical (unpaired) electrons. The third-order valence-electron chi connectivity index (χ3n) is 5.30. The predicted molar refractivity (Wildman–Crippen MR) is 111 cm³/mol. The number of benzene rings is 2. The van der Waals surface area contributed by atoms with Gasteiger partial charge in [-0.05, 0) is 36.0 Å². The van der Waals surface area contributed by atoms with Crippen LogP contribution < -0.4 is 5.32 Å². The molecule has 2 aromatic carbocycles. The normalized spacial score (nSPS) is 17.3. The molecule has 1 unspecified atom stereocenters. The second kappa shape index (κ2) is 8.83. The van der Waals surface area contributed by atoms with Gasteiger partial charge in [0.1, 0.15) is 0 Å². The lowest BCUT2D eigenvalue weighted by Crippen LogP contribution is -2.27. The van der Waals surface area contributed by atoms with Gasteiger partial charge in [-0.2, -0.15) is 0 Å². The van der Waals surface area contributed by atoms with Crippen molar-refractivity contribution >= 4 is 5.57 Å². The molecule has 0 saturated heterocycles. The van der Waals surface area contributed by atoms with Crippen molar-refractivity contribution in [1.29, 1.82) is 0 Å². The fourth-order valence-electron chi connectivity index (χ4n) is 3.80. The Labute approximate surface area is 161 Å². The van der Waals surface area contributed by atoms with Crippen LogP contribution in [-0.2, 0) is 13.1 Å². The van der Waals surface area contributed by atoms with Crippen molar-refractivity contribution in [2.45, 2.75) is 44.8 Å². The Morgan fingerprint density at radius 2 is 1.74 bits per heavy atom. The summed E-state index contributed by atoms with van der Waals surface area (Å²) in [6, 6.07) is 21.8. The van der Waals surface area contributed by atoms with Gasteiger partial charge >= 0.3 is 0 Å². The van der Waals surface area contributed by atoms with E-state index in [2.05, 4.69) is 81.6 Å². The van der Waals surface area contributed by atoms with E-state index >= 15 is 0 Å². The zero-order valence-corrected chi connectivity index (χ0v) is 15.7. The smallest absolute Gasteiger partial charge is 0.0951 e. The molecular formula is C24H27N3. The molecule has 0 amide bonds. The minimum atomic E-state index is 0.419. The lowest BCUT2D eigenvalue weighted by Gasteiger charge is -2.16. The van der Waals surface area contributed by atoms with Gasteiger partial charge in [0.15, 0.2) is 0 Å². The monoisotopic (exact) mass is 357 g/mol. The van der Waals surface area contributed by atoms with Crippen molar-refractivity contribution in [3.63, 3.8) is 0 Å². The van der Waals surface area contributed by atoms with E-state index in [9.17, 15) is 0 Å². The molecular weight excluding hydrogens is 330 g/mol. The molecule has 1 N–H and O–H groups in total. The van der Waals surface area contributed by atoms with Crippen LogP contribution in [0.3, 0.4) is 0 Å². The summed E-state index contributed by atoms with van der Waals surface area (Å²) < 4.78 is 2.24. The van der Waals surface area contributed by atoms with E-state index in [4.69, 9.17) is 0 Å². The predicted octanol–water partition coefficient (Wildman–Crippen LogP) is 5.05. The molecule has 27 heavy (non-hydrogen) atoms. The standard InChI is InChI=1S/C24H27N3/c1-3-9-20(10-4-1)18-27-19-25-16-24(27)17-26-23-14-8-7-13-22(15-23)21-11-5-2-6-12-21/h1-6,9-12,15-16,19,23,26H,7-8,13-14,17-18H2. The first-order valence-electron chi connectivity index (χ1n) is 9.91. The van der Waals surface area contributed by atoms with E-state index in [1.165, 1.54) is 48.1 Å². The minimum absolute atomic E-state index is 0.419. The first kappa shape index (κ1) is 17.7. The number of nitrogens with zero attached hydrogens (tertiary/aromatic N) is 2. The summed E-state index contributed by atoms with van der Waals surface area (Å²) in [5.74, 6) is 0. The molecule has 0 aliphatic heterocycles. The third kappa shape index (κ3) is 4.75. The summed E-state index contributed by atoms with van der Waals surface area (Å²) in [4.78, 5) is 4.37. The minimum Gasteiger partial charge on any atom is -0.329 e. The van der Waals surface area contributed by atoms with Gasteiger partial charge in [0, 0.05) is 25.3 Å². The highest BCUT2D eigenvalue weighted by Gasteiger charge is 2.14. The van der Waals surface area contributed by atoms with Gasteiger partial charge in [0.05, 0.1) is 12.0 Å². The summed E-state index contributed by atoms with van der Waals surface area (Å²) >= 11 is 0. The van der Waals surface area contributed by atoms with Gasteiger partial charge in [-0.15, -0.1) is 0 Å². The maximum Gasteiger partial charge on any atom is 0.0951 e. The summed E-state index contributed by atoms with van der Waals surface area (Å²) in [6.45, 7) is 1.71. The van der Waals surface area contributed by atoms with Crippen LogP contribution in [0.1, 0.15) is 42.5 Å². The zero-order valence-electron chi connectivity index (χ0n) is 15.7. The molecule has 1 aliphatic carbocycles. The number of rotatable bonds is 6. The first-order chi connectivity index (χ1) is 13.4. The molecule has 3 aromatic rings. The number of allylic oxidation sites excluding steroid dienone is 1. The molecule has 0 bridgehead atoms. The average molecular weight is 358 g/mol. The quantitative estimate of drug-likeness (QED) is 0.669. The van der Waals surface area contributed by atoms with E-state index in [1.807, 2.05) is 12.5 Å². The van der Waals surface area contributed by atoms with Gasteiger partial charge in [0.25, 0.3) is 0 Å². The number of hydrogen-bond donors (Lipinski definition) is 1. The SMILES string of the molecule is C1=C(c2ccccc2)CCCCC1NCc1cncn1Cc1ccccc1. The zero-order chi connectivity index (χ0) is 18.3. The summed E-state index contributed by atoms with van der Waals surface area (Å²) in [7, 11) is 0. The lowest BCUT2D eigenvalue weighted by atomic mass is 10.0. The molecule has 4 rings (SSSR count). The Hall–Kier alpha value is -2.65. The van der Waals surface area contributed by atoms with Crippen LogP contribution in [0.25, 0.3) is 5.57 Å². The summed E-state index contributed by atoms with van der Waals surface area (Å²) in [6.07, 6.45) is 11.3. The highest BCUT2D eigenvalue weighted by atomic mass is 15.1. The van der Waals surface area contributed by atoms with Crippen LogP contribution in [-0.4, -0.2) is 15.6 Å². The van der Waals surface area contributed by atoms with E-state index in [0.29, 0.717) is 6.04 Å². The molecule has 3 heteroatoms. The first-order valence-corrected chi connectivity index (χ1v) is 9.91. The van der Waals surface area contributed by atoms with E-state index < -0.39 is 0 Å². The average Bonchev–Trinajstić information content (AvgIpc) is 3.02. The maximum atomic E-state index is 4.37. The van der Waals surface area contributed by atoms with Crippen molar-refractivity contribution in [3.8, 4) is 0 Å². The highest BCUT2D eigenvalue weighted by Crippen LogP contribution is 2.26. The largest absolute Gasteiger partial charge is 0.329 e. The van der Waals surface area contributed by atoms with Crippen molar-refractivity contribution in [2.24, 2.45) is 0 Å². The Kier molecular flexibility index (Phi) is 5.80. The van der Waals surface area contributed by atoms with Crippen LogP contribution in [0.4, 0.5) is 0 Å². The second-order valence-electron chi connectivity index (χ2n) is 7.29. The molecule has 3 nitrogen and oxygen atoms in total. The van der Waals surface area contributed by atoms with Gasteiger partial charge < -0.3 is 9.88 Å². The van der Waals surface area contributed by atoms with Crippen molar-refractivity contribution < 1.29 is 0 Å². The van der Waals surface area contributed by atoms with Gasteiger partial charge in [-0.1, -0.05) is 73.2 Å². The fraction of sp³-hybridized carbons (Fsp3) is 0.292. The van der Waals surface area contributed by atoms with Crippen LogP contribution in [0, 0.1) is 0 Å². The Morgan fingerprint density at radius 1 is 0.963 bits per heavy atom. The van der Waals surface area contributed by atoms with Crippen LogP contribution in [0.15, 0.2) is 79.3 Å². The molecule has 1 aliphatic rings. The molecule has 0 spiro atoms. The van der Waals surface area contributed by atoms with Crippen molar-refractivity contribution in [2.75, 3.05) is 0 Å². The number of nitrogens with one attached hydrogen (secondary N) is 1.